The van der Waals surface area contributed by atoms with E-state index < -0.39 is 15.7 Å². The smallest absolute Gasteiger partial charge is 0.178 e. The Kier molecular flexibility index (Phi) is 3.23. The molecule has 0 amide bonds. The minimum absolute atomic E-state index is 0.0809. The van der Waals surface area contributed by atoms with Gasteiger partial charge in [0.15, 0.2) is 9.84 Å². The molecule has 5 heteroatoms. The van der Waals surface area contributed by atoms with Crippen molar-refractivity contribution in [1.29, 1.82) is 0 Å². The van der Waals surface area contributed by atoms with E-state index in [2.05, 4.69) is 0 Å². The minimum Gasteiger partial charge on any atom is -0.325 e. The second-order valence-electron chi connectivity index (χ2n) is 4.74. The van der Waals surface area contributed by atoms with E-state index >= 15 is 0 Å². The van der Waals surface area contributed by atoms with Gasteiger partial charge in [-0.3, -0.25) is 0 Å². The third-order valence-electron chi connectivity index (χ3n) is 3.15. The molecule has 1 fully saturated rings. The Labute approximate surface area is 101 Å². The fourth-order valence-corrected chi connectivity index (χ4v) is 3.10. The number of hydrogen-bond acceptors (Lipinski definition) is 3. The Balaban J connectivity index is 1.96. The van der Waals surface area contributed by atoms with E-state index in [1.165, 1.54) is 12.1 Å². The number of hydrogen-bond donors (Lipinski definition) is 1. The van der Waals surface area contributed by atoms with Crippen molar-refractivity contribution >= 4 is 9.84 Å². The molecule has 17 heavy (non-hydrogen) atoms. The number of nitrogens with two attached hydrogens (primary N) is 1. The average Bonchev–Trinajstić information content (AvgIpc) is 2.97. The summed E-state index contributed by atoms with van der Waals surface area (Å²) in [5.41, 5.74) is 5.78. The van der Waals surface area contributed by atoms with Gasteiger partial charge in [-0.15, -0.1) is 0 Å². The van der Waals surface area contributed by atoms with E-state index in [-0.39, 0.29) is 16.2 Å². The third-order valence-corrected chi connectivity index (χ3v) is 4.97. The molecule has 2 rings (SSSR count). The number of benzene rings is 1. The summed E-state index contributed by atoms with van der Waals surface area (Å²) in [6, 6.07) is 4.94. The first-order valence-electron chi connectivity index (χ1n) is 5.69. The van der Waals surface area contributed by atoms with Gasteiger partial charge in [0.2, 0.25) is 0 Å². The summed E-state index contributed by atoms with van der Waals surface area (Å²) in [6.07, 6.45) is 3.29. The Morgan fingerprint density at radius 1 is 1.24 bits per heavy atom. The zero-order valence-corrected chi connectivity index (χ0v) is 10.3. The number of rotatable bonds is 5. The summed E-state index contributed by atoms with van der Waals surface area (Å²) in [7, 11) is -3.29. The fourth-order valence-electron chi connectivity index (χ4n) is 1.78. The Morgan fingerprint density at radius 2 is 1.82 bits per heavy atom. The maximum atomic E-state index is 12.7. The maximum absolute atomic E-state index is 12.7. The van der Waals surface area contributed by atoms with Crippen LogP contribution < -0.4 is 5.73 Å². The van der Waals surface area contributed by atoms with E-state index in [1.807, 2.05) is 0 Å². The lowest BCUT2D eigenvalue weighted by Gasteiger charge is -2.08. The maximum Gasteiger partial charge on any atom is 0.178 e. The summed E-state index contributed by atoms with van der Waals surface area (Å²) in [6.45, 7) is 0. The molecular weight excluding hydrogens is 241 g/mol. The van der Waals surface area contributed by atoms with Crippen molar-refractivity contribution in [1.82, 2.24) is 0 Å². The van der Waals surface area contributed by atoms with Crippen molar-refractivity contribution in [2.45, 2.75) is 36.1 Å². The van der Waals surface area contributed by atoms with Crippen molar-refractivity contribution in [2.24, 2.45) is 5.73 Å². The van der Waals surface area contributed by atoms with Gasteiger partial charge in [0, 0.05) is 5.54 Å². The van der Waals surface area contributed by atoms with Crippen LogP contribution in [0.1, 0.15) is 25.7 Å². The zero-order chi connectivity index (χ0) is 12.5. The molecule has 94 valence electrons. The van der Waals surface area contributed by atoms with Gasteiger partial charge in [-0.2, -0.15) is 0 Å². The van der Waals surface area contributed by atoms with Gasteiger partial charge in [0.05, 0.1) is 10.6 Å². The van der Waals surface area contributed by atoms with Crippen LogP contribution in [0.15, 0.2) is 29.2 Å². The molecule has 0 aromatic heterocycles. The zero-order valence-electron chi connectivity index (χ0n) is 9.52. The van der Waals surface area contributed by atoms with Crippen LogP contribution >= 0.6 is 0 Å². The normalized spacial score (nSPS) is 18.0. The van der Waals surface area contributed by atoms with E-state index in [1.54, 1.807) is 0 Å². The molecule has 0 radical (unpaired) electrons. The molecule has 1 saturated carbocycles. The Morgan fingerprint density at radius 3 is 2.35 bits per heavy atom. The molecule has 0 spiro atoms. The van der Waals surface area contributed by atoms with Crippen LogP contribution in [0.2, 0.25) is 0 Å². The van der Waals surface area contributed by atoms with Gasteiger partial charge >= 0.3 is 0 Å². The summed E-state index contributed by atoms with van der Waals surface area (Å²) in [5, 5.41) is 0. The van der Waals surface area contributed by atoms with E-state index in [0.29, 0.717) is 6.42 Å². The summed E-state index contributed by atoms with van der Waals surface area (Å²) < 4.78 is 36.5. The topological polar surface area (TPSA) is 60.2 Å². The molecule has 1 aliphatic rings. The molecular formula is C12H16FNO2S. The summed E-state index contributed by atoms with van der Waals surface area (Å²) in [5.74, 6) is -0.347. The van der Waals surface area contributed by atoms with Crippen molar-refractivity contribution < 1.29 is 12.8 Å². The monoisotopic (exact) mass is 257 g/mol. The molecule has 2 N–H and O–H groups in total. The average molecular weight is 257 g/mol. The lowest BCUT2D eigenvalue weighted by molar-refractivity contribution is 0.571. The highest BCUT2D eigenvalue weighted by atomic mass is 32.2. The first-order valence-corrected chi connectivity index (χ1v) is 7.34. The molecule has 0 atom stereocenters. The quantitative estimate of drug-likeness (QED) is 0.819. The van der Waals surface area contributed by atoms with Gasteiger partial charge in [-0.25, -0.2) is 12.8 Å². The van der Waals surface area contributed by atoms with E-state index in [9.17, 15) is 12.8 Å². The van der Waals surface area contributed by atoms with Gasteiger partial charge in [0.25, 0.3) is 0 Å². The SMILES string of the molecule is NC1(CCCS(=O)(=O)c2ccc(F)cc2)CC1. The van der Waals surface area contributed by atoms with Crippen molar-refractivity contribution in [3.8, 4) is 0 Å². The largest absolute Gasteiger partial charge is 0.325 e. The molecule has 0 saturated heterocycles. The van der Waals surface area contributed by atoms with Gasteiger partial charge in [0.1, 0.15) is 5.82 Å². The van der Waals surface area contributed by atoms with Gasteiger partial charge in [-0.05, 0) is 49.9 Å². The summed E-state index contributed by atoms with van der Waals surface area (Å²) in [4.78, 5) is 0.181. The highest BCUT2D eigenvalue weighted by Crippen LogP contribution is 2.36. The van der Waals surface area contributed by atoms with Crippen LogP contribution in [0.5, 0.6) is 0 Å². The lowest BCUT2D eigenvalue weighted by atomic mass is 10.1. The van der Waals surface area contributed by atoms with Crippen molar-refractivity contribution in [3.05, 3.63) is 30.1 Å². The van der Waals surface area contributed by atoms with E-state index in [4.69, 9.17) is 5.73 Å². The molecule has 0 bridgehead atoms. The van der Waals surface area contributed by atoms with Crippen molar-refractivity contribution in [2.75, 3.05) is 5.75 Å². The van der Waals surface area contributed by atoms with Crippen LogP contribution in [0.3, 0.4) is 0 Å². The number of sulfone groups is 1. The fraction of sp³-hybridized carbons (Fsp3) is 0.500. The molecule has 1 aliphatic carbocycles. The second-order valence-corrected chi connectivity index (χ2v) is 6.85. The van der Waals surface area contributed by atoms with Crippen LogP contribution in [0.25, 0.3) is 0 Å². The van der Waals surface area contributed by atoms with Gasteiger partial charge < -0.3 is 5.73 Å². The van der Waals surface area contributed by atoms with Crippen LogP contribution in [-0.4, -0.2) is 19.7 Å². The van der Waals surface area contributed by atoms with E-state index in [0.717, 1.165) is 31.4 Å². The molecule has 0 heterocycles. The third kappa shape index (κ3) is 3.26. The molecule has 3 nitrogen and oxygen atoms in total. The number of halogens is 1. The second kappa shape index (κ2) is 4.38. The summed E-state index contributed by atoms with van der Waals surface area (Å²) >= 11 is 0. The predicted octanol–water partition coefficient (Wildman–Crippen LogP) is 1.87. The first-order chi connectivity index (χ1) is 7.91. The lowest BCUT2D eigenvalue weighted by Crippen LogP contribution is -2.22. The Hall–Kier alpha value is -0.940. The minimum atomic E-state index is -3.29. The van der Waals surface area contributed by atoms with Crippen LogP contribution in [0.4, 0.5) is 4.39 Å². The van der Waals surface area contributed by atoms with Crippen LogP contribution in [0, 0.1) is 5.82 Å². The Bertz CT molecular complexity index is 492. The van der Waals surface area contributed by atoms with Gasteiger partial charge in [-0.1, -0.05) is 0 Å². The predicted molar refractivity (Wildman–Crippen MR) is 63.8 cm³/mol. The highest BCUT2D eigenvalue weighted by molar-refractivity contribution is 7.91. The molecule has 0 aliphatic heterocycles. The first kappa shape index (κ1) is 12.5. The standard InChI is InChI=1S/C12H16FNO2S/c13-10-2-4-11(5-3-10)17(15,16)9-1-6-12(14)7-8-12/h2-5H,1,6-9,14H2. The molecule has 1 aromatic rings. The molecule has 0 unspecified atom stereocenters. The van der Waals surface area contributed by atoms with Crippen molar-refractivity contribution in [3.63, 3.8) is 0 Å². The highest BCUT2D eigenvalue weighted by Gasteiger charge is 2.37. The van der Waals surface area contributed by atoms with Crippen LogP contribution in [-0.2, 0) is 9.84 Å². The molecule has 1 aromatic carbocycles.